The highest BCUT2D eigenvalue weighted by molar-refractivity contribution is 6.14. The zero-order chi connectivity index (χ0) is 42.1. The quantitative estimate of drug-likeness (QED) is 0.178. The molecule has 0 aliphatic heterocycles. The van der Waals surface area contributed by atoms with Crippen LogP contribution in [0.5, 0.6) is 0 Å². The number of benzene rings is 8. The Bertz CT molecular complexity index is 3490. The number of hydrogen-bond acceptors (Lipinski definition) is 2. The van der Waals surface area contributed by atoms with E-state index in [-0.39, 0.29) is 16.2 Å². The predicted octanol–water partition coefficient (Wildman–Crippen LogP) is 15.5. The SMILES string of the molecule is CC1(C)CCC(C)(C)c2cc3c(cc21)c1cc2ccccc2cc1n3-c1cc(-c2nc(-c3ccccc3)cc(-c3ccc4c(c3)C(C)(C)c3ccccc3-4)n2)c2ccccc2c1. The molecule has 2 aliphatic rings. The van der Waals surface area contributed by atoms with Crippen LogP contribution in [0.4, 0.5) is 0 Å². The molecule has 3 nitrogen and oxygen atoms in total. The number of fused-ring (bicyclic) bond motifs is 9. The van der Waals surface area contributed by atoms with Crippen LogP contribution in [-0.4, -0.2) is 14.5 Å². The third-order valence-corrected chi connectivity index (χ3v) is 14.6. The van der Waals surface area contributed by atoms with Crippen LogP contribution in [0.2, 0.25) is 0 Å². The second kappa shape index (κ2) is 13.1. The molecule has 2 aromatic heterocycles. The number of rotatable bonds is 4. The van der Waals surface area contributed by atoms with Crippen molar-refractivity contribution in [3.8, 4) is 50.7 Å². The number of hydrogen-bond donors (Lipinski definition) is 0. The summed E-state index contributed by atoms with van der Waals surface area (Å²) in [7, 11) is 0. The van der Waals surface area contributed by atoms with Crippen molar-refractivity contribution in [2.75, 3.05) is 0 Å². The van der Waals surface area contributed by atoms with Crippen LogP contribution in [-0.2, 0) is 16.2 Å². The molecule has 12 rings (SSSR count). The van der Waals surface area contributed by atoms with Gasteiger partial charge in [0, 0.05) is 38.6 Å². The van der Waals surface area contributed by atoms with Crippen LogP contribution in [0.1, 0.15) is 76.6 Å². The lowest BCUT2D eigenvalue weighted by Crippen LogP contribution is -2.33. The van der Waals surface area contributed by atoms with Crippen molar-refractivity contribution in [1.29, 1.82) is 0 Å². The molecule has 0 spiro atoms. The lowest BCUT2D eigenvalue weighted by molar-refractivity contribution is 0.332. The molecule has 3 heteroatoms. The maximum absolute atomic E-state index is 5.53. The first-order valence-electron chi connectivity index (χ1n) is 22.2. The molecule has 0 N–H and O–H groups in total. The lowest BCUT2D eigenvalue weighted by atomic mass is 9.63. The summed E-state index contributed by atoms with van der Waals surface area (Å²) < 4.78 is 2.52. The van der Waals surface area contributed by atoms with Gasteiger partial charge in [-0.15, -0.1) is 0 Å². The molecule has 0 saturated heterocycles. The van der Waals surface area contributed by atoms with E-state index in [1.807, 2.05) is 0 Å². The number of nitrogens with zero attached hydrogens (tertiary/aromatic N) is 3. The third-order valence-electron chi connectivity index (χ3n) is 14.6. The van der Waals surface area contributed by atoms with Crippen molar-refractivity contribution >= 4 is 43.4 Å². The Hall–Kier alpha value is -6.84. The van der Waals surface area contributed by atoms with Crippen molar-refractivity contribution in [2.45, 2.75) is 70.6 Å². The van der Waals surface area contributed by atoms with Crippen LogP contribution in [0.3, 0.4) is 0 Å². The van der Waals surface area contributed by atoms with E-state index in [1.54, 1.807) is 0 Å². The molecule has 8 aromatic carbocycles. The van der Waals surface area contributed by atoms with Gasteiger partial charge in [-0.3, -0.25) is 0 Å². The highest BCUT2D eigenvalue weighted by atomic mass is 15.0. The standard InChI is InChI=1S/C59H49N3/c1-57(2)26-27-58(3,4)51-34-55-46(33-50(51)57)45-29-37-18-10-11-19-38(37)31-54(45)62(55)41-28-39-20-12-13-21-42(39)47(32-41)56-60-52(36-16-8-7-9-17-36)35-53(61-56)40-24-25-44-43-22-14-15-23-48(43)59(5,6)49(44)30-40/h7-25,28-35H,26-27H2,1-6H3. The molecule has 0 saturated carbocycles. The molecule has 0 radical (unpaired) electrons. The molecule has 0 unspecified atom stereocenters. The van der Waals surface area contributed by atoms with E-state index in [9.17, 15) is 0 Å². The summed E-state index contributed by atoms with van der Waals surface area (Å²) in [5.74, 6) is 0.717. The summed E-state index contributed by atoms with van der Waals surface area (Å²) in [5.41, 5.74) is 16.8. The van der Waals surface area contributed by atoms with E-state index in [0.717, 1.165) is 51.0 Å². The second-order valence-corrected chi connectivity index (χ2v) is 19.7. The van der Waals surface area contributed by atoms with Gasteiger partial charge in [0.2, 0.25) is 0 Å². The zero-order valence-corrected chi connectivity index (χ0v) is 36.3. The van der Waals surface area contributed by atoms with E-state index in [1.165, 1.54) is 72.4 Å². The molecule has 10 aromatic rings. The van der Waals surface area contributed by atoms with Gasteiger partial charge in [-0.1, -0.05) is 157 Å². The monoisotopic (exact) mass is 799 g/mol. The van der Waals surface area contributed by atoms with Gasteiger partial charge in [0.15, 0.2) is 5.82 Å². The van der Waals surface area contributed by atoms with Crippen molar-refractivity contribution < 1.29 is 0 Å². The zero-order valence-electron chi connectivity index (χ0n) is 36.3. The Morgan fingerprint density at radius 3 is 1.77 bits per heavy atom. The third kappa shape index (κ3) is 5.50. The first-order valence-corrected chi connectivity index (χ1v) is 22.2. The van der Waals surface area contributed by atoms with Crippen molar-refractivity contribution in [2.24, 2.45) is 0 Å². The van der Waals surface area contributed by atoms with Crippen LogP contribution < -0.4 is 0 Å². The fourth-order valence-electron chi connectivity index (χ4n) is 11.0. The Morgan fingerprint density at radius 2 is 1.00 bits per heavy atom. The molecule has 0 atom stereocenters. The van der Waals surface area contributed by atoms with Gasteiger partial charge in [0.25, 0.3) is 0 Å². The Kier molecular flexibility index (Phi) is 7.80. The van der Waals surface area contributed by atoms with Gasteiger partial charge in [-0.2, -0.15) is 0 Å². The molecular formula is C59H49N3. The minimum absolute atomic E-state index is 0.0667. The van der Waals surface area contributed by atoms with Crippen molar-refractivity contribution in [3.05, 3.63) is 186 Å². The first-order chi connectivity index (χ1) is 29.9. The average Bonchev–Trinajstić information content (AvgIpc) is 3.73. The Balaban J connectivity index is 1.13. The fraction of sp³-hybridized carbons (Fsp3) is 0.186. The topological polar surface area (TPSA) is 30.7 Å². The lowest BCUT2D eigenvalue weighted by Gasteiger charge is -2.42. The fourth-order valence-corrected chi connectivity index (χ4v) is 11.0. The van der Waals surface area contributed by atoms with Crippen LogP contribution >= 0.6 is 0 Å². The highest BCUT2D eigenvalue weighted by Gasteiger charge is 2.38. The maximum Gasteiger partial charge on any atom is 0.161 e. The highest BCUT2D eigenvalue weighted by Crippen LogP contribution is 2.51. The smallest absolute Gasteiger partial charge is 0.161 e. The largest absolute Gasteiger partial charge is 0.309 e. The van der Waals surface area contributed by atoms with E-state index < -0.39 is 0 Å². The van der Waals surface area contributed by atoms with Crippen LogP contribution in [0.15, 0.2) is 164 Å². The van der Waals surface area contributed by atoms with Crippen LogP contribution in [0.25, 0.3) is 94.1 Å². The summed E-state index contributed by atoms with van der Waals surface area (Å²) in [6, 6.07) is 60.6. The van der Waals surface area contributed by atoms with E-state index in [0.29, 0.717) is 5.82 Å². The predicted molar refractivity (Wildman–Crippen MR) is 261 cm³/mol. The Morgan fingerprint density at radius 1 is 0.403 bits per heavy atom. The first kappa shape index (κ1) is 37.0. The molecular weight excluding hydrogens is 751 g/mol. The van der Waals surface area contributed by atoms with Gasteiger partial charge in [-0.05, 0) is 127 Å². The second-order valence-electron chi connectivity index (χ2n) is 19.7. The van der Waals surface area contributed by atoms with Crippen LogP contribution in [0, 0.1) is 0 Å². The summed E-state index contributed by atoms with van der Waals surface area (Å²) in [6.07, 6.45) is 2.34. The molecule has 300 valence electrons. The van der Waals surface area contributed by atoms with E-state index in [4.69, 9.17) is 9.97 Å². The number of aromatic nitrogens is 3. The maximum atomic E-state index is 5.53. The molecule has 2 aliphatic carbocycles. The average molecular weight is 800 g/mol. The molecule has 0 fully saturated rings. The molecule has 2 heterocycles. The summed E-state index contributed by atoms with van der Waals surface area (Å²) >= 11 is 0. The van der Waals surface area contributed by atoms with E-state index in [2.05, 4.69) is 210 Å². The van der Waals surface area contributed by atoms with E-state index >= 15 is 0 Å². The van der Waals surface area contributed by atoms with Crippen molar-refractivity contribution in [1.82, 2.24) is 14.5 Å². The van der Waals surface area contributed by atoms with Gasteiger partial charge >= 0.3 is 0 Å². The minimum Gasteiger partial charge on any atom is -0.309 e. The molecule has 0 bridgehead atoms. The Labute approximate surface area is 363 Å². The van der Waals surface area contributed by atoms with Gasteiger partial charge in [0.05, 0.1) is 22.4 Å². The summed E-state index contributed by atoms with van der Waals surface area (Å²) in [6.45, 7) is 14.4. The minimum atomic E-state index is -0.123. The molecule has 0 amide bonds. The normalized spacial score (nSPS) is 15.8. The summed E-state index contributed by atoms with van der Waals surface area (Å²) in [4.78, 5) is 11.0. The summed E-state index contributed by atoms with van der Waals surface area (Å²) in [5, 5.41) is 7.36. The molecule has 62 heavy (non-hydrogen) atoms. The van der Waals surface area contributed by atoms with Crippen molar-refractivity contribution in [3.63, 3.8) is 0 Å². The van der Waals surface area contributed by atoms with Gasteiger partial charge in [-0.25, -0.2) is 9.97 Å². The van der Waals surface area contributed by atoms with Gasteiger partial charge < -0.3 is 4.57 Å². The van der Waals surface area contributed by atoms with Gasteiger partial charge in [0.1, 0.15) is 0 Å².